The topological polar surface area (TPSA) is 38.3 Å². The summed E-state index contributed by atoms with van der Waals surface area (Å²) < 4.78 is 4.93. The Morgan fingerprint density at radius 1 is 1.62 bits per heavy atom. The number of carbonyl (C=O) groups is 1. The average molecular weight is 185 g/mol. The van der Waals surface area contributed by atoms with Crippen molar-refractivity contribution >= 4 is 5.97 Å². The zero-order valence-corrected chi connectivity index (χ0v) is 8.51. The van der Waals surface area contributed by atoms with Crippen LogP contribution in [-0.2, 0) is 9.53 Å². The van der Waals surface area contributed by atoms with Gasteiger partial charge in [-0.2, -0.15) is 0 Å². The Labute approximate surface area is 79.8 Å². The lowest BCUT2D eigenvalue weighted by molar-refractivity contribution is -0.144. The molecule has 13 heavy (non-hydrogen) atoms. The van der Waals surface area contributed by atoms with Gasteiger partial charge in [0.05, 0.1) is 6.61 Å². The minimum absolute atomic E-state index is 0.0405. The van der Waals surface area contributed by atoms with Crippen LogP contribution in [0.5, 0.6) is 0 Å². The first-order chi connectivity index (χ1) is 6.24. The maximum atomic E-state index is 11.2. The van der Waals surface area contributed by atoms with Gasteiger partial charge < -0.3 is 10.1 Å². The van der Waals surface area contributed by atoms with Crippen molar-refractivity contribution in [1.82, 2.24) is 5.32 Å². The van der Waals surface area contributed by atoms with E-state index >= 15 is 0 Å². The van der Waals surface area contributed by atoms with E-state index in [1.165, 1.54) is 0 Å². The molecule has 3 heteroatoms. The maximum Gasteiger partial charge on any atom is 0.306 e. The van der Waals surface area contributed by atoms with Crippen molar-refractivity contribution in [2.45, 2.75) is 26.7 Å². The lowest BCUT2D eigenvalue weighted by atomic mass is 9.85. The number of hydrogen-bond acceptors (Lipinski definition) is 3. The minimum atomic E-state index is -0.0405. The normalized spacial score (nSPS) is 28.5. The first-order valence-electron chi connectivity index (χ1n) is 5.10. The maximum absolute atomic E-state index is 11.2. The van der Waals surface area contributed by atoms with Crippen LogP contribution in [-0.4, -0.2) is 25.7 Å². The molecule has 0 aliphatic carbocycles. The van der Waals surface area contributed by atoms with Crippen molar-refractivity contribution in [2.75, 3.05) is 19.7 Å². The summed E-state index contributed by atoms with van der Waals surface area (Å²) in [5.74, 6) is 1.07. The van der Waals surface area contributed by atoms with E-state index in [-0.39, 0.29) is 5.97 Å². The summed E-state index contributed by atoms with van der Waals surface area (Å²) in [5, 5.41) is 3.32. The second-order valence-electron chi connectivity index (χ2n) is 3.74. The molecule has 3 nitrogen and oxygen atoms in total. The van der Waals surface area contributed by atoms with Crippen LogP contribution in [0.15, 0.2) is 0 Å². The number of carbonyl (C=O) groups excluding carboxylic acids is 1. The Morgan fingerprint density at radius 2 is 2.38 bits per heavy atom. The van der Waals surface area contributed by atoms with E-state index in [0.29, 0.717) is 24.9 Å². The van der Waals surface area contributed by atoms with Crippen LogP contribution >= 0.6 is 0 Å². The van der Waals surface area contributed by atoms with Crippen molar-refractivity contribution in [2.24, 2.45) is 11.8 Å². The van der Waals surface area contributed by atoms with Crippen LogP contribution < -0.4 is 5.32 Å². The quantitative estimate of drug-likeness (QED) is 0.671. The molecule has 0 aromatic carbocycles. The number of nitrogens with one attached hydrogen (secondary N) is 1. The molecule has 0 bridgehead atoms. The summed E-state index contributed by atoms with van der Waals surface area (Å²) in [6, 6.07) is 0. The fraction of sp³-hybridized carbons (Fsp3) is 0.900. The van der Waals surface area contributed by atoms with Gasteiger partial charge in [-0.05, 0) is 38.3 Å². The van der Waals surface area contributed by atoms with Crippen molar-refractivity contribution in [3.63, 3.8) is 0 Å². The van der Waals surface area contributed by atoms with Crippen molar-refractivity contribution in [3.8, 4) is 0 Å². The molecule has 0 radical (unpaired) electrons. The highest BCUT2D eigenvalue weighted by Crippen LogP contribution is 2.22. The van der Waals surface area contributed by atoms with E-state index in [0.717, 1.165) is 19.5 Å². The first kappa shape index (κ1) is 10.5. The summed E-state index contributed by atoms with van der Waals surface area (Å²) in [7, 11) is 0. The van der Waals surface area contributed by atoms with Crippen LogP contribution in [0.2, 0.25) is 0 Å². The minimum Gasteiger partial charge on any atom is -0.466 e. The smallest absolute Gasteiger partial charge is 0.306 e. The Kier molecular flexibility index (Phi) is 4.22. The van der Waals surface area contributed by atoms with Gasteiger partial charge in [0.15, 0.2) is 0 Å². The standard InChI is InChI=1S/C10H19NO2/c1-3-13-10(12)6-9-4-5-11-7-8(9)2/h8-9,11H,3-7H2,1-2H3. The van der Waals surface area contributed by atoms with Gasteiger partial charge in [-0.25, -0.2) is 0 Å². The number of esters is 1. The molecule has 1 saturated heterocycles. The molecule has 0 spiro atoms. The second kappa shape index (κ2) is 5.22. The predicted octanol–water partition coefficient (Wildman–Crippen LogP) is 1.19. The lowest BCUT2D eigenvalue weighted by Gasteiger charge is -2.28. The Bertz CT molecular complexity index is 170. The van der Waals surface area contributed by atoms with E-state index in [1.807, 2.05) is 6.92 Å². The van der Waals surface area contributed by atoms with Gasteiger partial charge in [-0.1, -0.05) is 6.92 Å². The van der Waals surface area contributed by atoms with E-state index in [4.69, 9.17) is 4.74 Å². The molecule has 0 amide bonds. The van der Waals surface area contributed by atoms with E-state index in [9.17, 15) is 4.79 Å². The molecule has 1 rings (SSSR count). The van der Waals surface area contributed by atoms with Crippen molar-refractivity contribution in [3.05, 3.63) is 0 Å². The Balaban J connectivity index is 2.29. The molecule has 76 valence electrons. The lowest BCUT2D eigenvalue weighted by Crippen LogP contribution is -2.36. The van der Waals surface area contributed by atoms with Crippen LogP contribution in [0.1, 0.15) is 26.7 Å². The van der Waals surface area contributed by atoms with Crippen LogP contribution in [0.3, 0.4) is 0 Å². The summed E-state index contributed by atoms with van der Waals surface area (Å²) >= 11 is 0. The van der Waals surface area contributed by atoms with Crippen molar-refractivity contribution < 1.29 is 9.53 Å². The number of piperidine rings is 1. The highest BCUT2D eigenvalue weighted by molar-refractivity contribution is 5.69. The Hall–Kier alpha value is -0.570. The summed E-state index contributed by atoms with van der Waals surface area (Å²) in [6.07, 6.45) is 1.69. The van der Waals surface area contributed by atoms with Gasteiger partial charge >= 0.3 is 5.97 Å². The second-order valence-corrected chi connectivity index (χ2v) is 3.74. The first-order valence-corrected chi connectivity index (χ1v) is 5.10. The highest BCUT2D eigenvalue weighted by atomic mass is 16.5. The fourth-order valence-electron chi connectivity index (χ4n) is 1.81. The van der Waals surface area contributed by atoms with E-state index in [2.05, 4.69) is 12.2 Å². The van der Waals surface area contributed by atoms with Gasteiger partial charge in [-0.3, -0.25) is 4.79 Å². The molecule has 1 heterocycles. The number of rotatable bonds is 3. The summed E-state index contributed by atoms with van der Waals surface area (Å²) in [5.41, 5.74) is 0. The molecular weight excluding hydrogens is 166 g/mol. The zero-order valence-electron chi connectivity index (χ0n) is 8.51. The van der Waals surface area contributed by atoms with E-state index < -0.39 is 0 Å². The third-order valence-corrected chi connectivity index (χ3v) is 2.70. The van der Waals surface area contributed by atoms with Gasteiger partial charge in [-0.15, -0.1) is 0 Å². The molecule has 0 saturated carbocycles. The van der Waals surface area contributed by atoms with E-state index in [1.54, 1.807) is 0 Å². The highest BCUT2D eigenvalue weighted by Gasteiger charge is 2.23. The third-order valence-electron chi connectivity index (χ3n) is 2.70. The Morgan fingerprint density at radius 3 is 3.00 bits per heavy atom. The molecule has 1 aliphatic heterocycles. The molecule has 0 aromatic rings. The molecule has 1 fully saturated rings. The largest absolute Gasteiger partial charge is 0.466 e. The monoisotopic (exact) mass is 185 g/mol. The fourth-order valence-corrected chi connectivity index (χ4v) is 1.81. The predicted molar refractivity (Wildman–Crippen MR) is 51.4 cm³/mol. The molecule has 1 aliphatic rings. The van der Waals surface area contributed by atoms with Gasteiger partial charge in [0, 0.05) is 6.42 Å². The van der Waals surface area contributed by atoms with Gasteiger partial charge in [0.2, 0.25) is 0 Å². The van der Waals surface area contributed by atoms with Crippen LogP contribution in [0.25, 0.3) is 0 Å². The summed E-state index contributed by atoms with van der Waals surface area (Å²) in [6.45, 7) is 6.61. The SMILES string of the molecule is CCOC(=O)CC1CCNCC1C. The average Bonchev–Trinajstić information content (AvgIpc) is 2.09. The third kappa shape index (κ3) is 3.35. The summed E-state index contributed by atoms with van der Waals surface area (Å²) in [4.78, 5) is 11.2. The number of ether oxygens (including phenoxy) is 1. The van der Waals surface area contributed by atoms with Gasteiger partial charge in [0.1, 0.15) is 0 Å². The molecule has 2 atom stereocenters. The number of hydrogen-bond donors (Lipinski definition) is 1. The molecule has 0 aromatic heterocycles. The zero-order chi connectivity index (χ0) is 9.68. The van der Waals surface area contributed by atoms with Crippen LogP contribution in [0.4, 0.5) is 0 Å². The molecule has 1 N–H and O–H groups in total. The van der Waals surface area contributed by atoms with Crippen molar-refractivity contribution in [1.29, 1.82) is 0 Å². The van der Waals surface area contributed by atoms with Crippen LogP contribution in [0, 0.1) is 11.8 Å². The molecule has 2 unspecified atom stereocenters. The molecular formula is C10H19NO2. The van der Waals surface area contributed by atoms with Gasteiger partial charge in [0.25, 0.3) is 0 Å².